The number of hydrogen-bond donors (Lipinski definition) is 1. The number of nitrogens with one attached hydrogen (secondary N) is 1. The van der Waals surface area contributed by atoms with Crippen LogP contribution in [0.25, 0.3) is 0 Å². The van der Waals surface area contributed by atoms with Gasteiger partial charge in [0.25, 0.3) is 0 Å². The minimum atomic E-state index is 0.441. The maximum atomic E-state index is 8.81. The van der Waals surface area contributed by atoms with Crippen LogP contribution in [0.4, 0.5) is 0 Å². The Morgan fingerprint density at radius 2 is 1.74 bits per heavy atom. The largest absolute Gasteiger partial charge is 0.335 e. The van der Waals surface area contributed by atoms with Crippen LogP contribution in [0.1, 0.15) is 90.6 Å². The van der Waals surface area contributed by atoms with E-state index in [0.717, 1.165) is 35.7 Å². The fourth-order valence-electron chi connectivity index (χ4n) is 3.33. The molecule has 220 valence electrons. The number of rotatable bonds is 10. The Labute approximate surface area is 254 Å². The highest BCUT2D eigenvalue weighted by molar-refractivity contribution is 7.99. The van der Waals surface area contributed by atoms with E-state index in [1.54, 1.807) is 6.92 Å². The Hall–Kier alpha value is -1.97. The first-order chi connectivity index (χ1) is 18.7. The number of aromatic nitrogens is 2. The Balaban J connectivity index is -0.00000114. The zero-order chi connectivity index (χ0) is 30.8. The highest BCUT2D eigenvalue weighted by Gasteiger charge is 2.22. The summed E-state index contributed by atoms with van der Waals surface area (Å²) in [4.78, 5) is 13.0. The van der Waals surface area contributed by atoms with Crippen molar-refractivity contribution < 1.29 is 4.79 Å². The third-order valence-corrected chi connectivity index (χ3v) is 6.49. The summed E-state index contributed by atoms with van der Waals surface area (Å²) in [6.45, 7) is 21.5. The molecule has 0 aliphatic rings. The minimum absolute atomic E-state index is 0.441. The van der Waals surface area contributed by atoms with Crippen molar-refractivity contribution in [1.82, 2.24) is 14.9 Å². The molecule has 0 radical (unpaired) electrons. The second kappa shape index (κ2) is 27.6. The van der Waals surface area contributed by atoms with Crippen LogP contribution in [0.3, 0.4) is 0 Å². The van der Waals surface area contributed by atoms with Crippen molar-refractivity contribution in [3.8, 4) is 12.3 Å². The maximum absolute atomic E-state index is 8.81. The number of terminal acetylenes is 1. The number of alkyl halides is 1. The highest BCUT2D eigenvalue weighted by atomic mass is 35.5. The molecule has 2 rings (SSSR count). The maximum Gasteiger partial charge on any atom is 0.116 e. The zero-order valence-corrected chi connectivity index (χ0v) is 28.3. The molecule has 0 saturated carbocycles. The number of carbonyl (C=O) groups is 1. The number of carbonyl (C=O) groups excluding carboxylic acids is 1. The standard InChI is InChI=1S/C23H31Cl2N3S.C3H4.C2H4O.2C2H6/c1-16(2)22-21(14-26-5)18(4)28(15-19-6-9-27-10-7-19)23(22)29-11-8-20(25)12-17(3)13-24;1-3-2;1-2-3;2*1-2/h6-10,12,16,26H,11,13-15H2,1-5H3;1H,2H3;2H,1H3;2*1-2H3/b17-12+,20-8+;;;;. The molecular formula is C32H51Cl2N3OS. The predicted molar refractivity (Wildman–Crippen MR) is 177 cm³/mol. The molecule has 4 nitrogen and oxygen atoms in total. The lowest BCUT2D eigenvalue weighted by atomic mass is 10.0. The quantitative estimate of drug-likeness (QED) is 0.0976. The van der Waals surface area contributed by atoms with Crippen LogP contribution < -0.4 is 5.32 Å². The summed E-state index contributed by atoms with van der Waals surface area (Å²) in [6, 6.07) is 4.16. The van der Waals surface area contributed by atoms with Gasteiger partial charge in [0, 0.05) is 47.8 Å². The Kier molecular flexibility index (Phi) is 29.4. The average molecular weight is 597 g/mol. The van der Waals surface area contributed by atoms with Gasteiger partial charge in [0.15, 0.2) is 0 Å². The van der Waals surface area contributed by atoms with Crippen LogP contribution in [-0.4, -0.2) is 34.5 Å². The highest BCUT2D eigenvalue weighted by Crippen LogP contribution is 2.37. The molecule has 2 aromatic heterocycles. The summed E-state index contributed by atoms with van der Waals surface area (Å²) in [6.07, 6.45) is 13.1. The number of pyridine rings is 1. The van der Waals surface area contributed by atoms with Crippen molar-refractivity contribution in [1.29, 1.82) is 0 Å². The van der Waals surface area contributed by atoms with E-state index in [2.05, 4.69) is 66.2 Å². The van der Waals surface area contributed by atoms with E-state index in [4.69, 9.17) is 28.0 Å². The Morgan fingerprint density at radius 3 is 2.18 bits per heavy atom. The number of hydrogen-bond acceptors (Lipinski definition) is 4. The van der Waals surface area contributed by atoms with Gasteiger partial charge in [-0.1, -0.05) is 64.8 Å². The van der Waals surface area contributed by atoms with Crippen molar-refractivity contribution in [3.63, 3.8) is 0 Å². The van der Waals surface area contributed by atoms with Crippen molar-refractivity contribution in [2.24, 2.45) is 0 Å². The van der Waals surface area contributed by atoms with E-state index in [9.17, 15) is 0 Å². The average Bonchev–Trinajstić information content (AvgIpc) is 3.18. The normalized spacial score (nSPS) is 10.4. The lowest BCUT2D eigenvalue weighted by Gasteiger charge is -2.14. The van der Waals surface area contributed by atoms with E-state index in [1.165, 1.54) is 34.3 Å². The van der Waals surface area contributed by atoms with Crippen LogP contribution in [0.2, 0.25) is 0 Å². The summed E-state index contributed by atoms with van der Waals surface area (Å²) in [7, 11) is 2.00. The third-order valence-electron chi connectivity index (χ3n) is 4.76. The summed E-state index contributed by atoms with van der Waals surface area (Å²) in [5, 5.41) is 5.40. The SMILES string of the molecule is C#CC.CC.CC.CC=O.CNCc1c(C(C)C)c(SC/C=C(Cl)\C=C(/C)CCl)n(Cc2ccncc2)c1C. The molecule has 0 aromatic carbocycles. The van der Waals surface area contributed by atoms with Crippen molar-refractivity contribution in [2.75, 3.05) is 18.7 Å². The van der Waals surface area contributed by atoms with Crippen LogP contribution in [0, 0.1) is 19.3 Å². The monoisotopic (exact) mass is 595 g/mol. The lowest BCUT2D eigenvalue weighted by Crippen LogP contribution is -2.09. The van der Waals surface area contributed by atoms with Gasteiger partial charge in [-0.05, 0) is 75.6 Å². The molecule has 0 amide bonds. The van der Waals surface area contributed by atoms with Gasteiger partial charge in [-0.15, -0.1) is 35.7 Å². The first kappa shape index (κ1) is 41.5. The van der Waals surface area contributed by atoms with Gasteiger partial charge in [-0.25, -0.2) is 0 Å². The van der Waals surface area contributed by atoms with E-state index in [0.29, 0.717) is 11.8 Å². The number of thioether (sulfide) groups is 1. The summed E-state index contributed by atoms with van der Waals surface area (Å²) in [5.41, 5.74) is 6.45. The van der Waals surface area contributed by atoms with Crippen molar-refractivity contribution in [2.45, 2.75) is 93.3 Å². The summed E-state index contributed by atoms with van der Waals surface area (Å²) >= 11 is 14.1. The van der Waals surface area contributed by atoms with Gasteiger partial charge in [0.1, 0.15) is 6.29 Å². The van der Waals surface area contributed by atoms with Crippen LogP contribution in [0.5, 0.6) is 0 Å². The van der Waals surface area contributed by atoms with Gasteiger partial charge >= 0.3 is 0 Å². The van der Waals surface area contributed by atoms with Crippen LogP contribution in [0.15, 0.2) is 52.3 Å². The summed E-state index contributed by atoms with van der Waals surface area (Å²) in [5.74, 6) is 4.00. The molecule has 0 aliphatic carbocycles. The number of nitrogens with zero attached hydrogens (tertiary/aromatic N) is 2. The molecule has 0 unspecified atom stereocenters. The Bertz CT molecular complexity index is 991. The molecule has 1 N–H and O–H groups in total. The second-order valence-corrected chi connectivity index (χ2v) is 9.67. The smallest absolute Gasteiger partial charge is 0.116 e. The van der Waals surface area contributed by atoms with E-state index in [-0.39, 0.29) is 0 Å². The molecular weight excluding hydrogens is 545 g/mol. The minimum Gasteiger partial charge on any atom is -0.335 e. The molecule has 7 heteroatoms. The van der Waals surface area contributed by atoms with E-state index >= 15 is 0 Å². The molecule has 0 saturated heterocycles. The molecule has 0 aliphatic heterocycles. The summed E-state index contributed by atoms with van der Waals surface area (Å²) < 4.78 is 2.43. The lowest BCUT2D eigenvalue weighted by molar-refractivity contribution is -0.106. The van der Waals surface area contributed by atoms with Gasteiger partial charge in [-0.2, -0.15) is 0 Å². The number of halogens is 2. The first-order valence-electron chi connectivity index (χ1n) is 13.5. The molecule has 0 bridgehead atoms. The molecule has 39 heavy (non-hydrogen) atoms. The van der Waals surface area contributed by atoms with Gasteiger partial charge in [-0.3, -0.25) is 4.98 Å². The van der Waals surface area contributed by atoms with Gasteiger partial charge in [0.05, 0.1) is 5.03 Å². The molecule has 0 fully saturated rings. The van der Waals surface area contributed by atoms with Gasteiger partial charge in [0.2, 0.25) is 0 Å². The third kappa shape index (κ3) is 17.4. The van der Waals surface area contributed by atoms with Crippen LogP contribution >= 0.6 is 35.0 Å². The fourth-order valence-corrected chi connectivity index (χ4v) is 5.05. The topological polar surface area (TPSA) is 46.9 Å². The molecule has 2 heterocycles. The fraction of sp³-hybridized carbons (Fsp3) is 0.500. The number of allylic oxidation sites excluding steroid dienone is 3. The Morgan fingerprint density at radius 1 is 1.23 bits per heavy atom. The van der Waals surface area contributed by atoms with Crippen molar-refractivity contribution >= 4 is 41.2 Å². The first-order valence-corrected chi connectivity index (χ1v) is 15.4. The van der Waals surface area contributed by atoms with E-state index in [1.807, 2.05) is 71.9 Å². The predicted octanol–water partition coefficient (Wildman–Crippen LogP) is 9.38. The van der Waals surface area contributed by atoms with E-state index < -0.39 is 0 Å². The molecule has 2 aromatic rings. The zero-order valence-electron chi connectivity index (χ0n) is 26.0. The molecule has 0 spiro atoms. The van der Waals surface area contributed by atoms with Gasteiger partial charge < -0.3 is 14.7 Å². The molecule has 0 atom stereocenters. The number of aldehydes is 1. The van der Waals surface area contributed by atoms with Crippen LogP contribution in [-0.2, 0) is 17.9 Å². The van der Waals surface area contributed by atoms with Crippen molar-refractivity contribution in [3.05, 3.63) is 69.7 Å². The second-order valence-electron chi connectivity index (χ2n) is 7.96.